The topological polar surface area (TPSA) is 93.3 Å². The molecule has 2 N–H and O–H groups in total. The van der Waals surface area contributed by atoms with E-state index in [4.69, 9.17) is 4.74 Å². The van der Waals surface area contributed by atoms with Gasteiger partial charge < -0.3 is 14.5 Å². The van der Waals surface area contributed by atoms with Gasteiger partial charge in [0.25, 0.3) is 0 Å². The number of carbonyl (C=O) groups is 2. The van der Waals surface area contributed by atoms with Crippen LogP contribution in [0.3, 0.4) is 0 Å². The van der Waals surface area contributed by atoms with Crippen molar-refractivity contribution in [3.05, 3.63) is 59.7 Å². The number of benzene rings is 2. The minimum atomic E-state index is -0.619. The number of aromatic nitrogens is 2. The first kappa shape index (κ1) is 15.5. The number of aromatic amines is 1. The average molecular weight is 325 g/mol. The van der Waals surface area contributed by atoms with Crippen LogP contribution in [-0.4, -0.2) is 29.1 Å². The molecule has 0 aliphatic heterocycles. The second-order valence-corrected chi connectivity index (χ2v) is 5.00. The van der Waals surface area contributed by atoms with Crippen molar-refractivity contribution in [3.63, 3.8) is 0 Å². The molecule has 1 heterocycles. The van der Waals surface area contributed by atoms with Gasteiger partial charge in [-0.2, -0.15) is 0 Å². The Morgan fingerprint density at radius 2 is 1.96 bits per heavy atom. The molecule has 0 radical (unpaired) electrons. The van der Waals surface area contributed by atoms with Crippen LogP contribution < -0.4 is 5.32 Å². The molecule has 0 saturated carbocycles. The molecule has 7 nitrogen and oxygen atoms in total. The molecule has 3 aromatic rings. The third-order valence-corrected chi connectivity index (χ3v) is 3.34. The predicted molar refractivity (Wildman–Crippen MR) is 87.7 cm³/mol. The van der Waals surface area contributed by atoms with Crippen molar-refractivity contribution in [2.75, 3.05) is 12.4 Å². The third kappa shape index (κ3) is 3.52. The van der Waals surface area contributed by atoms with Gasteiger partial charge in [-0.1, -0.05) is 30.3 Å². The number of imidazole rings is 1. The Labute approximate surface area is 137 Å². The summed E-state index contributed by atoms with van der Waals surface area (Å²) in [6, 6.07) is 14.2. The SMILES string of the molecule is COC(=O)c1ccc2nc(NC(=O)OCc3ccccc3)[nH]c2c1. The summed E-state index contributed by atoms with van der Waals surface area (Å²) in [6.45, 7) is 0.166. The van der Waals surface area contributed by atoms with Gasteiger partial charge >= 0.3 is 12.1 Å². The van der Waals surface area contributed by atoms with Gasteiger partial charge in [0.05, 0.1) is 23.7 Å². The fourth-order valence-electron chi connectivity index (χ4n) is 2.17. The van der Waals surface area contributed by atoms with Gasteiger partial charge in [0.1, 0.15) is 6.61 Å². The lowest BCUT2D eigenvalue weighted by Crippen LogP contribution is -2.14. The van der Waals surface area contributed by atoms with Crippen LogP contribution in [0.1, 0.15) is 15.9 Å². The normalized spacial score (nSPS) is 10.4. The van der Waals surface area contributed by atoms with Crippen LogP contribution in [0.4, 0.5) is 10.7 Å². The summed E-state index contributed by atoms with van der Waals surface area (Å²) in [6.07, 6.45) is -0.619. The van der Waals surface area contributed by atoms with Gasteiger partial charge in [0, 0.05) is 0 Å². The highest BCUT2D eigenvalue weighted by molar-refractivity contribution is 5.94. The lowest BCUT2D eigenvalue weighted by molar-refractivity contribution is 0.0601. The summed E-state index contributed by atoms with van der Waals surface area (Å²) in [5, 5.41) is 2.52. The Balaban J connectivity index is 1.66. The Bertz CT molecular complexity index is 874. The van der Waals surface area contributed by atoms with Crippen molar-refractivity contribution >= 4 is 29.0 Å². The zero-order valence-corrected chi connectivity index (χ0v) is 12.9. The zero-order chi connectivity index (χ0) is 16.9. The van der Waals surface area contributed by atoms with E-state index in [2.05, 4.69) is 20.0 Å². The molecule has 0 atom stereocenters. The smallest absolute Gasteiger partial charge is 0.414 e. The van der Waals surface area contributed by atoms with Crippen LogP contribution in [0.2, 0.25) is 0 Å². The van der Waals surface area contributed by atoms with E-state index in [1.165, 1.54) is 7.11 Å². The number of anilines is 1. The molecule has 122 valence electrons. The van der Waals surface area contributed by atoms with Crippen molar-refractivity contribution in [1.29, 1.82) is 0 Å². The third-order valence-electron chi connectivity index (χ3n) is 3.34. The van der Waals surface area contributed by atoms with Crippen LogP contribution in [-0.2, 0) is 16.1 Å². The number of amides is 1. The maximum atomic E-state index is 11.8. The summed E-state index contributed by atoms with van der Waals surface area (Å²) < 4.78 is 9.79. The van der Waals surface area contributed by atoms with Gasteiger partial charge in [-0.05, 0) is 23.8 Å². The summed E-state index contributed by atoms with van der Waals surface area (Å²) in [5.41, 5.74) is 2.50. The number of nitrogens with one attached hydrogen (secondary N) is 2. The van der Waals surface area contributed by atoms with E-state index in [9.17, 15) is 9.59 Å². The first-order valence-electron chi connectivity index (χ1n) is 7.21. The molecule has 24 heavy (non-hydrogen) atoms. The minimum absolute atomic E-state index is 0.166. The van der Waals surface area contributed by atoms with Gasteiger partial charge in [0.2, 0.25) is 5.95 Å². The molecule has 0 bridgehead atoms. The van der Waals surface area contributed by atoms with Crippen molar-refractivity contribution in [3.8, 4) is 0 Å². The van der Waals surface area contributed by atoms with E-state index in [0.717, 1.165) is 5.56 Å². The van der Waals surface area contributed by atoms with Crippen molar-refractivity contribution in [2.45, 2.75) is 6.61 Å². The van der Waals surface area contributed by atoms with Crippen LogP contribution in [0.25, 0.3) is 11.0 Å². The van der Waals surface area contributed by atoms with Gasteiger partial charge in [-0.15, -0.1) is 0 Å². The molecule has 1 amide bonds. The number of fused-ring (bicyclic) bond motifs is 1. The summed E-state index contributed by atoms with van der Waals surface area (Å²) in [4.78, 5) is 30.5. The van der Waals surface area contributed by atoms with E-state index in [0.29, 0.717) is 16.6 Å². The lowest BCUT2D eigenvalue weighted by Gasteiger charge is -2.04. The summed E-state index contributed by atoms with van der Waals surface area (Å²) >= 11 is 0. The lowest BCUT2D eigenvalue weighted by atomic mass is 10.2. The number of hydrogen-bond acceptors (Lipinski definition) is 5. The number of carbonyl (C=O) groups excluding carboxylic acids is 2. The standard InChI is InChI=1S/C17H15N3O4/c1-23-15(21)12-7-8-13-14(9-12)19-16(18-13)20-17(22)24-10-11-5-3-2-4-6-11/h2-9H,10H2,1H3,(H2,18,19,20,22). The zero-order valence-electron chi connectivity index (χ0n) is 12.9. The molecule has 1 aromatic heterocycles. The molecule has 7 heteroatoms. The largest absolute Gasteiger partial charge is 0.465 e. The summed E-state index contributed by atoms with van der Waals surface area (Å²) in [7, 11) is 1.31. The number of ether oxygens (including phenoxy) is 2. The van der Waals surface area contributed by atoms with Crippen LogP contribution in [0, 0.1) is 0 Å². The maximum Gasteiger partial charge on any atom is 0.414 e. The fraction of sp³-hybridized carbons (Fsp3) is 0.118. The number of methoxy groups -OCH3 is 1. The Kier molecular flexibility index (Phi) is 4.42. The second-order valence-electron chi connectivity index (χ2n) is 5.00. The van der Waals surface area contributed by atoms with Crippen molar-refractivity contribution in [1.82, 2.24) is 9.97 Å². The quantitative estimate of drug-likeness (QED) is 0.719. The summed E-state index contributed by atoms with van der Waals surface area (Å²) in [5.74, 6) is -0.201. The highest BCUT2D eigenvalue weighted by atomic mass is 16.5. The molecule has 2 aromatic carbocycles. The highest BCUT2D eigenvalue weighted by Crippen LogP contribution is 2.17. The van der Waals surface area contributed by atoms with E-state index in [1.807, 2.05) is 30.3 Å². The first-order valence-corrected chi connectivity index (χ1v) is 7.21. The molecular weight excluding hydrogens is 310 g/mol. The predicted octanol–water partition coefficient (Wildman–Crippen LogP) is 3.10. The first-order chi connectivity index (χ1) is 11.7. The fourth-order valence-corrected chi connectivity index (χ4v) is 2.17. The molecule has 3 rings (SSSR count). The van der Waals surface area contributed by atoms with E-state index in [1.54, 1.807) is 18.2 Å². The highest BCUT2D eigenvalue weighted by Gasteiger charge is 2.11. The van der Waals surface area contributed by atoms with Crippen LogP contribution in [0.5, 0.6) is 0 Å². The Morgan fingerprint density at radius 1 is 1.17 bits per heavy atom. The molecule has 0 spiro atoms. The van der Waals surface area contributed by atoms with Gasteiger partial charge in [0.15, 0.2) is 0 Å². The minimum Gasteiger partial charge on any atom is -0.465 e. The molecule has 0 saturated heterocycles. The monoisotopic (exact) mass is 325 g/mol. The Hall–Kier alpha value is -3.35. The average Bonchev–Trinajstić information content (AvgIpc) is 3.01. The molecule has 0 unspecified atom stereocenters. The van der Waals surface area contributed by atoms with Crippen LogP contribution in [0.15, 0.2) is 48.5 Å². The Morgan fingerprint density at radius 3 is 2.71 bits per heavy atom. The maximum absolute atomic E-state index is 11.8. The van der Waals surface area contributed by atoms with E-state index >= 15 is 0 Å². The van der Waals surface area contributed by atoms with Crippen molar-refractivity contribution < 1.29 is 19.1 Å². The van der Waals surface area contributed by atoms with Gasteiger partial charge in [-0.3, -0.25) is 5.32 Å². The van der Waals surface area contributed by atoms with Crippen molar-refractivity contribution in [2.24, 2.45) is 0 Å². The molecule has 0 aliphatic rings. The second kappa shape index (κ2) is 6.82. The number of H-pyrrole nitrogens is 1. The number of nitrogens with zero attached hydrogens (tertiary/aromatic N) is 1. The number of hydrogen-bond donors (Lipinski definition) is 2. The molecular formula is C17H15N3O4. The number of rotatable bonds is 4. The van der Waals surface area contributed by atoms with Gasteiger partial charge in [-0.25, -0.2) is 14.6 Å². The van der Waals surface area contributed by atoms with Crippen LogP contribution >= 0.6 is 0 Å². The molecule has 0 aliphatic carbocycles. The van der Waals surface area contributed by atoms with E-state index < -0.39 is 12.1 Å². The molecule has 0 fully saturated rings. The number of esters is 1. The van der Waals surface area contributed by atoms with E-state index in [-0.39, 0.29) is 12.6 Å².